The molecule has 0 saturated carbocycles. The first-order valence-corrected chi connectivity index (χ1v) is 4.08. The van der Waals surface area contributed by atoms with Crippen LogP contribution in [0.15, 0.2) is 23.2 Å². The minimum absolute atomic E-state index is 0.548. The van der Waals surface area contributed by atoms with Gasteiger partial charge in [-0.25, -0.2) is 9.97 Å². The van der Waals surface area contributed by atoms with Crippen LogP contribution < -0.4 is 0 Å². The Morgan fingerprint density at radius 1 is 1.21 bits per heavy atom. The lowest BCUT2D eigenvalue weighted by molar-refractivity contribution is 0.391. The molecule has 0 radical (unpaired) electrons. The highest BCUT2D eigenvalue weighted by Crippen LogP contribution is 2.02. The van der Waals surface area contributed by atoms with Crippen molar-refractivity contribution >= 4 is 12.2 Å². The van der Waals surface area contributed by atoms with Crippen molar-refractivity contribution in [2.45, 2.75) is 6.92 Å². The minimum atomic E-state index is 0.548. The van der Waals surface area contributed by atoms with E-state index in [9.17, 15) is 0 Å². The van der Waals surface area contributed by atoms with Crippen LogP contribution in [0.5, 0.6) is 0 Å². The molecule has 0 spiro atoms. The summed E-state index contributed by atoms with van der Waals surface area (Å²) in [5.74, 6) is 1.10. The molecule has 70 valence electrons. The molecule has 0 atom stereocenters. The van der Waals surface area contributed by atoms with Crippen molar-refractivity contribution in [1.29, 1.82) is 0 Å². The molecule has 0 aliphatic heterocycles. The standard InChI is InChI=1S/C9H8N4O/c1-7-12-9(13-14-7)3-2-8-4-10-6-11-5-8/h2-6H,1H3. The van der Waals surface area contributed by atoms with E-state index >= 15 is 0 Å². The molecule has 2 aromatic rings. The van der Waals surface area contributed by atoms with Crippen LogP contribution in [0, 0.1) is 6.92 Å². The molecule has 2 rings (SSSR count). The molecular formula is C9H8N4O. The van der Waals surface area contributed by atoms with E-state index in [0.29, 0.717) is 11.7 Å². The Balaban J connectivity index is 2.15. The largest absolute Gasteiger partial charge is 0.339 e. The summed E-state index contributed by atoms with van der Waals surface area (Å²) in [5, 5.41) is 3.72. The predicted molar refractivity (Wildman–Crippen MR) is 50.0 cm³/mol. The third kappa shape index (κ3) is 2.01. The van der Waals surface area contributed by atoms with Crippen molar-refractivity contribution in [3.63, 3.8) is 0 Å². The van der Waals surface area contributed by atoms with Crippen LogP contribution in [-0.4, -0.2) is 20.1 Å². The van der Waals surface area contributed by atoms with Gasteiger partial charge in [0.05, 0.1) is 0 Å². The summed E-state index contributed by atoms with van der Waals surface area (Å²) in [4.78, 5) is 11.8. The molecule has 0 aliphatic carbocycles. The van der Waals surface area contributed by atoms with E-state index in [0.717, 1.165) is 5.56 Å². The monoisotopic (exact) mass is 188 g/mol. The van der Waals surface area contributed by atoms with Crippen LogP contribution >= 0.6 is 0 Å². The normalized spacial score (nSPS) is 10.9. The van der Waals surface area contributed by atoms with Gasteiger partial charge in [-0.15, -0.1) is 0 Å². The molecule has 5 heteroatoms. The van der Waals surface area contributed by atoms with Gasteiger partial charge in [-0.3, -0.25) is 0 Å². The van der Waals surface area contributed by atoms with Crippen molar-refractivity contribution in [3.8, 4) is 0 Å². The van der Waals surface area contributed by atoms with Crippen LogP contribution in [0.25, 0.3) is 12.2 Å². The van der Waals surface area contributed by atoms with Crippen molar-refractivity contribution < 1.29 is 4.52 Å². The second kappa shape index (κ2) is 3.78. The number of rotatable bonds is 2. The Kier molecular flexibility index (Phi) is 2.31. The number of nitrogens with zero attached hydrogens (tertiary/aromatic N) is 4. The summed E-state index contributed by atoms with van der Waals surface area (Å²) in [7, 11) is 0. The zero-order valence-electron chi connectivity index (χ0n) is 7.58. The SMILES string of the molecule is Cc1nc(C=Cc2cncnc2)no1. The highest BCUT2D eigenvalue weighted by molar-refractivity contribution is 5.65. The highest BCUT2D eigenvalue weighted by Gasteiger charge is 1.95. The van der Waals surface area contributed by atoms with Gasteiger partial charge >= 0.3 is 0 Å². The number of aromatic nitrogens is 4. The fourth-order valence-electron chi connectivity index (χ4n) is 0.950. The van der Waals surface area contributed by atoms with Gasteiger partial charge in [-0.2, -0.15) is 4.98 Å². The van der Waals surface area contributed by atoms with Crippen LogP contribution in [0.1, 0.15) is 17.3 Å². The third-order valence-electron chi connectivity index (χ3n) is 1.55. The minimum Gasteiger partial charge on any atom is -0.339 e. The molecule has 14 heavy (non-hydrogen) atoms. The lowest BCUT2D eigenvalue weighted by Crippen LogP contribution is -1.79. The zero-order chi connectivity index (χ0) is 9.80. The van der Waals surface area contributed by atoms with E-state index in [1.165, 1.54) is 6.33 Å². The van der Waals surface area contributed by atoms with Crippen LogP contribution in [0.4, 0.5) is 0 Å². The Hall–Kier alpha value is -2.04. The van der Waals surface area contributed by atoms with Gasteiger partial charge in [0.1, 0.15) is 6.33 Å². The topological polar surface area (TPSA) is 64.7 Å². The lowest BCUT2D eigenvalue weighted by atomic mass is 10.3. The molecule has 2 aromatic heterocycles. The first-order chi connectivity index (χ1) is 6.84. The average Bonchev–Trinajstić information content (AvgIpc) is 2.63. The Morgan fingerprint density at radius 3 is 2.64 bits per heavy atom. The lowest BCUT2D eigenvalue weighted by Gasteiger charge is -1.86. The van der Waals surface area contributed by atoms with Crippen molar-refractivity contribution in [2.75, 3.05) is 0 Å². The highest BCUT2D eigenvalue weighted by atomic mass is 16.5. The van der Waals surface area contributed by atoms with Crippen molar-refractivity contribution in [2.24, 2.45) is 0 Å². The van der Waals surface area contributed by atoms with Gasteiger partial charge in [0.25, 0.3) is 0 Å². The van der Waals surface area contributed by atoms with Gasteiger partial charge in [0.2, 0.25) is 5.89 Å². The number of hydrogen-bond acceptors (Lipinski definition) is 5. The molecule has 5 nitrogen and oxygen atoms in total. The molecule has 0 fully saturated rings. The second-order valence-corrected chi connectivity index (χ2v) is 2.68. The van der Waals surface area contributed by atoms with Crippen LogP contribution in [0.3, 0.4) is 0 Å². The molecule has 0 saturated heterocycles. The van der Waals surface area contributed by atoms with E-state index in [-0.39, 0.29) is 0 Å². The fourth-order valence-corrected chi connectivity index (χ4v) is 0.950. The molecule has 2 heterocycles. The average molecular weight is 188 g/mol. The van der Waals surface area contributed by atoms with Gasteiger partial charge in [0.15, 0.2) is 5.82 Å². The van der Waals surface area contributed by atoms with Gasteiger partial charge in [0, 0.05) is 24.9 Å². The van der Waals surface area contributed by atoms with E-state index < -0.39 is 0 Å². The van der Waals surface area contributed by atoms with E-state index in [4.69, 9.17) is 4.52 Å². The summed E-state index contributed by atoms with van der Waals surface area (Å²) in [5.41, 5.74) is 0.898. The first kappa shape index (κ1) is 8.55. The second-order valence-electron chi connectivity index (χ2n) is 2.68. The first-order valence-electron chi connectivity index (χ1n) is 4.08. The van der Waals surface area contributed by atoms with Gasteiger partial charge in [-0.1, -0.05) is 5.16 Å². The molecule has 0 aromatic carbocycles. The maximum atomic E-state index is 4.81. The summed E-state index contributed by atoms with van der Waals surface area (Å²) in [6.45, 7) is 1.75. The molecular weight excluding hydrogens is 180 g/mol. The molecule has 0 bridgehead atoms. The van der Waals surface area contributed by atoms with Crippen LogP contribution in [0.2, 0.25) is 0 Å². The Morgan fingerprint density at radius 2 is 2.00 bits per heavy atom. The van der Waals surface area contributed by atoms with Gasteiger partial charge in [-0.05, 0) is 12.2 Å². The van der Waals surface area contributed by atoms with Crippen LogP contribution in [-0.2, 0) is 0 Å². The van der Waals surface area contributed by atoms with E-state index in [2.05, 4.69) is 20.1 Å². The van der Waals surface area contributed by atoms with Crippen molar-refractivity contribution in [1.82, 2.24) is 20.1 Å². The summed E-state index contributed by atoms with van der Waals surface area (Å²) in [6.07, 6.45) is 8.46. The smallest absolute Gasteiger partial charge is 0.223 e. The van der Waals surface area contributed by atoms with Crippen molar-refractivity contribution in [3.05, 3.63) is 36.0 Å². The summed E-state index contributed by atoms with van der Waals surface area (Å²) < 4.78 is 4.81. The third-order valence-corrected chi connectivity index (χ3v) is 1.55. The number of aryl methyl sites for hydroxylation is 1. The van der Waals surface area contributed by atoms with E-state index in [1.54, 1.807) is 25.4 Å². The molecule has 0 aliphatic rings. The Labute approximate surface area is 80.5 Å². The maximum absolute atomic E-state index is 4.81. The van der Waals surface area contributed by atoms with Gasteiger partial charge < -0.3 is 4.52 Å². The summed E-state index contributed by atoms with van der Waals surface area (Å²) in [6, 6.07) is 0. The summed E-state index contributed by atoms with van der Waals surface area (Å²) >= 11 is 0. The zero-order valence-corrected chi connectivity index (χ0v) is 7.58. The quantitative estimate of drug-likeness (QED) is 0.711. The van der Waals surface area contributed by atoms with E-state index in [1.807, 2.05) is 6.08 Å². The fraction of sp³-hybridized carbons (Fsp3) is 0.111. The maximum Gasteiger partial charge on any atom is 0.223 e. The Bertz CT molecular complexity index is 435. The molecule has 0 amide bonds. The molecule has 0 unspecified atom stereocenters. The number of hydrogen-bond donors (Lipinski definition) is 0. The predicted octanol–water partition coefficient (Wildman–Crippen LogP) is 1.34. The molecule has 0 N–H and O–H groups in total.